The molecular formula is C16H30N2OS. The Morgan fingerprint density at radius 2 is 1.90 bits per heavy atom. The fraction of sp³-hybridized carbons (Fsp3) is 0.812. The predicted octanol–water partition coefficient (Wildman–Crippen LogP) is 4.28. The summed E-state index contributed by atoms with van der Waals surface area (Å²) in [5, 5.41) is 4.54. The molecule has 1 heterocycles. The molecule has 3 nitrogen and oxygen atoms in total. The largest absolute Gasteiger partial charge is 0.371 e. The van der Waals surface area contributed by atoms with Gasteiger partial charge in [-0.05, 0) is 19.4 Å². The van der Waals surface area contributed by atoms with Crippen LogP contribution in [0.3, 0.4) is 0 Å². The molecule has 20 heavy (non-hydrogen) atoms. The average Bonchev–Trinajstić information content (AvgIpc) is 2.76. The Bertz CT molecular complexity index is 407. The normalized spacial score (nSPS) is 14.0. The van der Waals surface area contributed by atoms with Crippen LogP contribution in [0, 0.1) is 5.92 Å². The minimum absolute atomic E-state index is 0.0766. The highest BCUT2D eigenvalue weighted by Gasteiger charge is 2.27. The third-order valence-electron chi connectivity index (χ3n) is 3.15. The van der Waals surface area contributed by atoms with E-state index in [1.165, 1.54) is 10.6 Å². The van der Waals surface area contributed by atoms with Crippen LogP contribution in [-0.2, 0) is 16.7 Å². The summed E-state index contributed by atoms with van der Waals surface area (Å²) in [6, 6.07) is 0. The number of hydrogen-bond donors (Lipinski definition) is 1. The van der Waals surface area contributed by atoms with Crippen molar-refractivity contribution in [1.29, 1.82) is 0 Å². The highest BCUT2D eigenvalue weighted by Crippen LogP contribution is 2.35. The first-order valence-electron chi connectivity index (χ1n) is 7.63. The zero-order chi connectivity index (χ0) is 15.3. The van der Waals surface area contributed by atoms with Crippen molar-refractivity contribution in [2.45, 2.75) is 66.5 Å². The van der Waals surface area contributed by atoms with Crippen LogP contribution in [0.2, 0.25) is 0 Å². The second kappa shape index (κ2) is 7.53. The molecule has 1 atom stereocenters. The van der Waals surface area contributed by atoms with Crippen molar-refractivity contribution in [3.05, 3.63) is 15.6 Å². The summed E-state index contributed by atoms with van der Waals surface area (Å²) in [5.41, 5.74) is 1.29. The van der Waals surface area contributed by atoms with Crippen molar-refractivity contribution in [2.24, 2.45) is 5.92 Å². The molecule has 0 aliphatic heterocycles. The van der Waals surface area contributed by atoms with E-state index >= 15 is 0 Å². The zero-order valence-electron chi connectivity index (χ0n) is 14.0. The molecular weight excluding hydrogens is 268 g/mol. The van der Waals surface area contributed by atoms with E-state index in [1.54, 1.807) is 11.3 Å². The van der Waals surface area contributed by atoms with Crippen LogP contribution in [0.4, 0.5) is 0 Å². The number of nitrogens with zero attached hydrogens (tertiary/aromatic N) is 1. The molecule has 0 aromatic carbocycles. The first-order valence-corrected chi connectivity index (χ1v) is 8.45. The Morgan fingerprint density at radius 1 is 1.25 bits per heavy atom. The molecule has 0 spiro atoms. The van der Waals surface area contributed by atoms with E-state index in [9.17, 15) is 0 Å². The summed E-state index contributed by atoms with van der Waals surface area (Å²) in [5.74, 6) is 0.445. The molecule has 0 fully saturated rings. The first-order chi connectivity index (χ1) is 9.31. The van der Waals surface area contributed by atoms with Crippen molar-refractivity contribution >= 4 is 11.3 Å². The van der Waals surface area contributed by atoms with E-state index in [0.717, 1.165) is 24.7 Å². The Kier molecular flexibility index (Phi) is 6.62. The van der Waals surface area contributed by atoms with Crippen molar-refractivity contribution in [3.8, 4) is 0 Å². The molecule has 1 N–H and O–H groups in total. The molecule has 116 valence electrons. The van der Waals surface area contributed by atoms with Gasteiger partial charge in [-0.1, -0.05) is 41.5 Å². The van der Waals surface area contributed by atoms with Crippen LogP contribution in [-0.4, -0.2) is 18.1 Å². The van der Waals surface area contributed by atoms with E-state index in [0.29, 0.717) is 5.92 Å². The lowest BCUT2D eigenvalue weighted by molar-refractivity contribution is 0.0291. The van der Waals surface area contributed by atoms with Gasteiger partial charge in [-0.15, -0.1) is 11.3 Å². The molecule has 0 amide bonds. The maximum absolute atomic E-state index is 5.90. The first kappa shape index (κ1) is 17.6. The second-order valence-corrected chi connectivity index (χ2v) is 7.59. The van der Waals surface area contributed by atoms with Crippen molar-refractivity contribution in [1.82, 2.24) is 10.3 Å². The van der Waals surface area contributed by atoms with Gasteiger partial charge in [0.2, 0.25) is 0 Å². The highest BCUT2D eigenvalue weighted by molar-refractivity contribution is 7.11. The Balaban J connectivity index is 3.12. The lowest BCUT2D eigenvalue weighted by atomic mass is 9.91. The van der Waals surface area contributed by atoms with Gasteiger partial charge in [0.15, 0.2) is 0 Å². The fourth-order valence-corrected chi connectivity index (χ4v) is 3.63. The summed E-state index contributed by atoms with van der Waals surface area (Å²) in [6.45, 7) is 17.9. The van der Waals surface area contributed by atoms with E-state index in [1.807, 2.05) is 6.92 Å². The fourth-order valence-electron chi connectivity index (χ4n) is 2.16. The van der Waals surface area contributed by atoms with Crippen LogP contribution in [0.5, 0.6) is 0 Å². The highest BCUT2D eigenvalue weighted by atomic mass is 32.1. The summed E-state index contributed by atoms with van der Waals surface area (Å²) < 4.78 is 5.90. The molecule has 0 saturated carbocycles. The molecule has 1 aromatic rings. The van der Waals surface area contributed by atoms with Gasteiger partial charge in [0.1, 0.15) is 11.1 Å². The maximum atomic E-state index is 5.90. The van der Waals surface area contributed by atoms with Gasteiger partial charge in [-0.25, -0.2) is 4.98 Å². The Hall–Kier alpha value is -0.450. The summed E-state index contributed by atoms with van der Waals surface area (Å²) in [4.78, 5) is 6.28. The van der Waals surface area contributed by atoms with Crippen molar-refractivity contribution < 1.29 is 4.74 Å². The third-order valence-corrected chi connectivity index (χ3v) is 4.27. The molecule has 0 radical (unpaired) electrons. The van der Waals surface area contributed by atoms with Gasteiger partial charge in [-0.3, -0.25) is 0 Å². The lowest BCUT2D eigenvalue weighted by Gasteiger charge is -2.19. The van der Waals surface area contributed by atoms with E-state index < -0.39 is 0 Å². The number of aromatic nitrogens is 1. The molecule has 0 saturated heterocycles. The second-order valence-electron chi connectivity index (χ2n) is 6.47. The Morgan fingerprint density at radius 3 is 2.35 bits per heavy atom. The van der Waals surface area contributed by atoms with Crippen molar-refractivity contribution in [3.63, 3.8) is 0 Å². The smallest absolute Gasteiger partial charge is 0.122 e. The number of ether oxygens (including phenoxy) is 1. The van der Waals surface area contributed by atoms with Gasteiger partial charge >= 0.3 is 0 Å². The van der Waals surface area contributed by atoms with Gasteiger partial charge in [0, 0.05) is 23.4 Å². The molecule has 0 aliphatic carbocycles. The monoisotopic (exact) mass is 298 g/mol. The molecule has 4 heteroatoms. The van der Waals surface area contributed by atoms with Crippen LogP contribution >= 0.6 is 11.3 Å². The minimum Gasteiger partial charge on any atom is -0.371 e. The predicted molar refractivity (Wildman–Crippen MR) is 87.4 cm³/mol. The zero-order valence-corrected chi connectivity index (χ0v) is 14.9. The lowest BCUT2D eigenvalue weighted by Crippen LogP contribution is -2.18. The minimum atomic E-state index is 0.0766. The van der Waals surface area contributed by atoms with Crippen LogP contribution in [0.1, 0.15) is 70.1 Å². The van der Waals surface area contributed by atoms with Gasteiger partial charge in [-0.2, -0.15) is 0 Å². The summed E-state index contributed by atoms with van der Waals surface area (Å²) >= 11 is 1.80. The molecule has 1 aromatic heterocycles. The molecule has 1 rings (SSSR count). The third kappa shape index (κ3) is 4.54. The molecule has 0 bridgehead atoms. The van der Waals surface area contributed by atoms with Crippen LogP contribution in [0.15, 0.2) is 0 Å². The SMILES string of the molecule is CCNCc1sc(C(OCC)C(C)C)nc1C(C)(C)C. The number of rotatable bonds is 7. The number of thiazole rings is 1. The number of nitrogens with one attached hydrogen (secondary N) is 1. The van der Waals surface area contributed by atoms with Crippen LogP contribution < -0.4 is 5.32 Å². The maximum Gasteiger partial charge on any atom is 0.122 e. The van der Waals surface area contributed by atoms with E-state index in [2.05, 4.69) is 46.9 Å². The topological polar surface area (TPSA) is 34.1 Å². The van der Waals surface area contributed by atoms with E-state index in [4.69, 9.17) is 9.72 Å². The molecule has 0 aliphatic rings. The average molecular weight is 298 g/mol. The van der Waals surface area contributed by atoms with E-state index in [-0.39, 0.29) is 11.5 Å². The summed E-state index contributed by atoms with van der Waals surface area (Å²) in [6.07, 6.45) is 0.112. The quantitative estimate of drug-likeness (QED) is 0.815. The Labute approximate surface area is 128 Å². The number of hydrogen-bond acceptors (Lipinski definition) is 4. The van der Waals surface area contributed by atoms with Gasteiger partial charge in [0.25, 0.3) is 0 Å². The summed E-state index contributed by atoms with van der Waals surface area (Å²) in [7, 11) is 0. The van der Waals surface area contributed by atoms with Crippen molar-refractivity contribution in [2.75, 3.05) is 13.2 Å². The van der Waals surface area contributed by atoms with Gasteiger partial charge < -0.3 is 10.1 Å². The van der Waals surface area contributed by atoms with Gasteiger partial charge in [0.05, 0.1) is 5.69 Å². The standard InChI is InChI=1S/C16H30N2OS/c1-8-17-10-12-14(16(5,6)7)18-15(20-12)13(11(3)4)19-9-2/h11,13,17H,8-10H2,1-7H3. The van der Waals surface area contributed by atoms with Crippen LogP contribution in [0.25, 0.3) is 0 Å². The molecule has 1 unspecified atom stereocenters.